The van der Waals surface area contributed by atoms with Gasteiger partial charge in [0.15, 0.2) is 5.78 Å². The maximum Gasteiger partial charge on any atom is 0.326 e. The van der Waals surface area contributed by atoms with Gasteiger partial charge < -0.3 is 25.3 Å². The summed E-state index contributed by atoms with van der Waals surface area (Å²) >= 11 is 6.25. The Labute approximate surface area is 260 Å². The molecule has 2 aliphatic heterocycles. The van der Waals surface area contributed by atoms with E-state index >= 15 is 0 Å². The smallest absolute Gasteiger partial charge is 0.326 e. The van der Waals surface area contributed by atoms with Crippen LogP contribution in [-0.4, -0.2) is 69.1 Å². The zero-order valence-electron chi connectivity index (χ0n) is 25.0. The van der Waals surface area contributed by atoms with Crippen molar-refractivity contribution in [3.8, 4) is 5.75 Å². The predicted octanol–water partition coefficient (Wildman–Crippen LogP) is 4.01. The second-order valence-corrected chi connectivity index (χ2v) is 12.4. The molecule has 5 rings (SSSR count). The van der Waals surface area contributed by atoms with E-state index < -0.39 is 41.8 Å². The number of amides is 4. The van der Waals surface area contributed by atoms with Gasteiger partial charge in [-0.2, -0.15) is 0 Å². The maximum absolute atomic E-state index is 14.5. The quantitative estimate of drug-likeness (QED) is 0.304. The first-order valence-corrected chi connectivity index (χ1v) is 14.6. The molecule has 0 aliphatic carbocycles. The number of primary amides is 1. The van der Waals surface area contributed by atoms with Gasteiger partial charge in [0.25, 0.3) is 0 Å². The number of amidine groups is 1. The van der Waals surface area contributed by atoms with Crippen LogP contribution >= 0.6 is 11.6 Å². The number of carbonyl (C=O) groups is 4. The molecule has 3 aromatic rings. The molecule has 0 spiro atoms. The summed E-state index contributed by atoms with van der Waals surface area (Å²) < 4.78 is 8.26. The number of benzene rings is 2. The Bertz CT molecular complexity index is 1640. The van der Waals surface area contributed by atoms with E-state index in [1.807, 2.05) is 63.0 Å². The van der Waals surface area contributed by atoms with Gasteiger partial charge in [0, 0.05) is 43.1 Å². The average Bonchev–Trinajstić information content (AvgIpc) is 3.55. The van der Waals surface area contributed by atoms with Gasteiger partial charge >= 0.3 is 6.03 Å². The molecular formula is C32H35ClN6O5. The molecule has 11 nitrogen and oxygen atoms in total. The molecule has 1 fully saturated rings. The highest BCUT2D eigenvalue weighted by atomic mass is 35.5. The third-order valence-corrected chi connectivity index (χ3v) is 7.54. The van der Waals surface area contributed by atoms with Crippen LogP contribution in [0.2, 0.25) is 5.02 Å². The number of halogens is 1. The molecule has 230 valence electrons. The number of nitrogens with one attached hydrogen (secondary N) is 1. The van der Waals surface area contributed by atoms with E-state index in [1.54, 1.807) is 35.2 Å². The third kappa shape index (κ3) is 6.62. The first kappa shape index (κ1) is 30.8. The minimum atomic E-state index is -0.739. The average molecular weight is 619 g/mol. The molecule has 2 unspecified atom stereocenters. The highest BCUT2D eigenvalue weighted by Gasteiger charge is 2.45. The fraction of sp³-hybridized carbons (Fsp3) is 0.344. The molecule has 3 heterocycles. The number of rotatable bonds is 7. The van der Waals surface area contributed by atoms with Gasteiger partial charge in [0.2, 0.25) is 11.8 Å². The van der Waals surface area contributed by atoms with Crippen LogP contribution in [0.4, 0.5) is 4.79 Å². The molecule has 0 radical (unpaired) electrons. The van der Waals surface area contributed by atoms with Crippen molar-refractivity contribution in [2.75, 3.05) is 19.6 Å². The van der Waals surface area contributed by atoms with Crippen LogP contribution in [0.3, 0.4) is 0 Å². The lowest BCUT2D eigenvalue weighted by atomic mass is 9.95. The second kappa shape index (κ2) is 12.2. The van der Waals surface area contributed by atoms with Crippen molar-refractivity contribution in [1.29, 1.82) is 0 Å². The maximum atomic E-state index is 14.5. The number of nitrogens with two attached hydrogens (primary N) is 1. The fourth-order valence-corrected chi connectivity index (χ4v) is 5.53. The fourth-order valence-electron chi connectivity index (χ4n) is 5.40. The van der Waals surface area contributed by atoms with Crippen molar-refractivity contribution < 1.29 is 23.9 Å². The molecule has 1 aromatic heterocycles. The molecule has 3 N–H and O–H groups in total. The van der Waals surface area contributed by atoms with Gasteiger partial charge in [-0.15, -0.1) is 0 Å². The standard InChI is InChI=1S/C32H35ClN6O5/c1-32(2,3)44-25-15-20(24(40)16-26(34)41)7-10-23(25)30-36-28(21-11-13-37(4)17-21)29(19-5-8-22(33)9-6-19)39(30)31(43)38-14-12-35-27(42)18-38/h5-11,13,15,17,28-29H,12,14,16,18H2,1-4H3,(H2,34,41)(H,35,42). The van der Waals surface area contributed by atoms with Gasteiger partial charge in [-0.3, -0.25) is 24.3 Å². The molecule has 12 heteroatoms. The van der Waals surface area contributed by atoms with Crippen molar-refractivity contribution in [2.24, 2.45) is 17.8 Å². The normalized spacial score (nSPS) is 18.6. The number of hydrogen-bond acceptors (Lipinski definition) is 6. The molecular weight excluding hydrogens is 584 g/mol. The topological polar surface area (TPSA) is 139 Å². The Kier molecular flexibility index (Phi) is 8.51. The molecule has 1 saturated heterocycles. The zero-order chi connectivity index (χ0) is 31.8. The van der Waals surface area contributed by atoms with Gasteiger partial charge in [-0.1, -0.05) is 29.8 Å². The van der Waals surface area contributed by atoms with E-state index in [9.17, 15) is 19.2 Å². The third-order valence-electron chi connectivity index (χ3n) is 7.29. The van der Waals surface area contributed by atoms with Crippen LogP contribution < -0.4 is 15.8 Å². The van der Waals surface area contributed by atoms with Gasteiger partial charge in [-0.05, 0) is 62.2 Å². The first-order chi connectivity index (χ1) is 20.8. The number of ketones is 1. The highest BCUT2D eigenvalue weighted by molar-refractivity contribution is 6.30. The van der Waals surface area contributed by atoms with Crippen molar-refractivity contribution in [3.63, 3.8) is 0 Å². The predicted molar refractivity (Wildman–Crippen MR) is 166 cm³/mol. The number of hydrogen-bond donors (Lipinski definition) is 2. The summed E-state index contributed by atoms with van der Waals surface area (Å²) in [5.41, 5.74) is 6.99. The number of ether oxygens (including phenoxy) is 1. The van der Waals surface area contributed by atoms with E-state index in [1.165, 1.54) is 4.90 Å². The van der Waals surface area contributed by atoms with Crippen LogP contribution in [0.25, 0.3) is 0 Å². The Hall–Kier alpha value is -4.64. The molecule has 44 heavy (non-hydrogen) atoms. The van der Waals surface area contributed by atoms with Crippen LogP contribution in [0.15, 0.2) is 65.9 Å². The van der Waals surface area contributed by atoms with Gasteiger partial charge in [-0.25, -0.2) is 4.79 Å². The van der Waals surface area contributed by atoms with E-state index in [4.69, 9.17) is 27.1 Å². The van der Waals surface area contributed by atoms with Crippen molar-refractivity contribution in [1.82, 2.24) is 19.7 Å². The van der Waals surface area contributed by atoms with E-state index in [0.29, 0.717) is 35.3 Å². The number of piperazine rings is 1. The number of aliphatic imine (C=N–C) groups is 1. The molecule has 2 aliphatic rings. The summed E-state index contributed by atoms with van der Waals surface area (Å²) in [5.74, 6) is -0.813. The SMILES string of the molecule is Cn1ccc(C2N=C(c3ccc(C(=O)CC(N)=O)cc3OC(C)(C)C)N(C(=O)N3CCNC(=O)C3)C2c2ccc(Cl)cc2)c1. The lowest BCUT2D eigenvalue weighted by Gasteiger charge is -2.36. The Morgan fingerprint density at radius 3 is 2.43 bits per heavy atom. The Morgan fingerprint density at radius 2 is 1.82 bits per heavy atom. The summed E-state index contributed by atoms with van der Waals surface area (Å²) in [6.07, 6.45) is 3.41. The number of urea groups is 1. The van der Waals surface area contributed by atoms with Crippen LogP contribution in [0.5, 0.6) is 5.75 Å². The summed E-state index contributed by atoms with van der Waals surface area (Å²) in [6, 6.07) is 12.5. The summed E-state index contributed by atoms with van der Waals surface area (Å²) in [6.45, 7) is 6.15. The number of Topliss-reactive ketones (excluding diaryl/α,β-unsaturated/α-hetero) is 1. The Morgan fingerprint density at radius 1 is 1.09 bits per heavy atom. The first-order valence-electron chi connectivity index (χ1n) is 14.3. The summed E-state index contributed by atoms with van der Waals surface area (Å²) in [7, 11) is 1.91. The molecule has 0 saturated carbocycles. The molecule has 0 bridgehead atoms. The van der Waals surface area contributed by atoms with Crippen LogP contribution in [0.1, 0.15) is 66.3 Å². The Balaban J connectivity index is 1.71. The monoisotopic (exact) mass is 618 g/mol. The van der Waals surface area contributed by atoms with Crippen LogP contribution in [-0.2, 0) is 16.6 Å². The largest absolute Gasteiger partial charge is 0.487 e. The minimum absolute atomic E-state index is 0.0993. The van der Waals surface area contributed by atoms with E-state index in [2.05, 4.69) is 5.32 Å². The zero-order valence-corrected chi connectivity index (χ0v) is 25.8. The number of nitrogens with zero attached hydrogens (tertiary/aromatic N) is 4. The number of aromatic nitrogens is 1. The van der Waals surface area contributed by atoms with E-state index in [0.717, 1.165) is 11.1 Å². The van der Waals surface area contributed by atoms with Crippen LogP contribution in [0, 0.1) is 0 Å². The molecule has 2 aromatic carbocycles. The molecule has 2 atom stereocenters. The van der Waals surface area contributed by atoms with E-state index in [-0.39, 0.29) is 18.0 Å². The molecule has 4 amide bonds. The van der Waals surface area contributed by atoms with Crippen molar-refractivity contribution >= 4 is 41.1 Å². The minimum Gasteiger partial charge on any atom is -0.487 e. The van der Waals surface area contributed by atoms with Crippen molar-refractivity contribution in [2.45, 2.75) is 44.9 Å². The lowest BCUT2D eigenvalue weighted by molar-refractivity contribution is -0.123. The summed E-state index contributed by atoms with van der Waals surface area (Å²) in [4.78, 5) is 59.4. The highest BCUT2D eigenvalue weighted by Crippen LogP contribution is 2.45. The van der Waals surface area contributed by atoms with Gasteiger partial charge in [0.05, 0.1) is 18.0 Å². The number of aryl methyl sites for hydroxylation is 1. The second-order valence-electron chi connectivity index (χ2n) is 11.9. The van der Waals surface area contributed by atoms with Gasteiger partial charge in [0.1, 0.15) is 29.8 Å². The lowest BCUT2D eigenvalue weighted by Crippen LogP contribution is -2.55. The number of carbonyl (C=O) groups excluding carboxylic acids is 4. The summed E-state index contributed by atoms with van der Waals surface area (Å²) in [5, 5.41) is 3.32. The van der Waals surface area contributed by atoms with Crippen molar-refractivity contribution in [3.05, 3.63) is 88.2 Å².